The molecule has 2 amide bonds. The van der Waals surface area contributed by atoms with Crippen LogP contribution in [0.2, 0.25) is 0 Å². The van der Waals surface area contributed by atoms with E-state index >= 15 is 0 Å². The van der Waals surface area contributed by atoms with Gasteiger partial charge in [0.1, 0.15) is 17.2 Å². The number of fused-ring (bicyclic) bond motifs is 3. The van der Waals surface area contributed by atoms with Crippen molar-refractivity contribution in [1.82, 2.24) is 19.5 Å². The number of carbonyl (C=O) groups is 2. The van der Waals surface area contributed by atoms with Crippen molar-refractivity contribution in [3.63, 3.8) is 0 Å². The van der Waals surface area contributed by atoms with E-state index in [1.54, 1.807) is 9.42 Å². The number of H-pyrrole nitrogens is 1. The number of para-hydroxylation sites is 1. The summed E-state index contributed by atoms with van der Waals surface area (Å²) in [7, 11) is 0. The molecule has 0 radical (unpaired) electrons. The van der Waals surface area contributed by atoms with Gasteiger partial charge in [-0.3, -0.25) is 14.7 Å². The summed E-state index contributed by atoms with van der Waals surface area (Å²) < 4.78 is 7.52. The van der Waals surface area contributed by atoms with Gasteiger partial charge in [-0.25, -0.2) is 9.50 Å². The summed E-state index contributed by atoms with van der Waals surface area (Å²) in [4.78, 5) is 31.0. The molecule has 8 heteroatoms. The summed E-state index contributed by atoms with van der Waals surface area (Å²) in [6, 6.07) is 16.9. The third kappa shape index (κ3) is 3.76. The first kappa shape index (κ1) is 20.6. The van der Waals surface area contributed by atoms with Crippen LogP contribution in [-0.2, 0) is 17.6 Å². The van der Waals surface area contributed by atoms with Crippen molar-refractivity contribution in [3.8, 4) is 22.8 Å². The van der Waals surface area contributed by atoms with E-state index < -0.39 is 5.91 Å². The summed E-state index contributed by atoms with van der Waals surface area (Å²) >= 11 is 0. The van der Waals surface area contributed by atoms with E-state index in [-0.39, 0.29) is 5.91 Å². The fourth-order valence-corrected chi connectivity index (χ4v) is 4.23. The maximum Gasteiger partial charge on any atom is 0.269 e. The molecule has 2 aromatic heterocycles. The second kappa shape index (κ2) is 8.31. The molecule has 0 spiro atoms. The number of nitrogens with zero attached hydrogens (tertiary/aromatic N) is 3. The highest BCUT2D eigenvalue weighted by Crippen LogP contribution is 2.30. The number of amides is 2. The zero-order valence-corrected chi connectivity index (χ0v) is 18.0. The minimum absolute atomic E-state index is 0.0872. The van der Waals surface area contributed by atoms with Crippen LogP contribution in [0.25, 0.3) is 16.9 Å². The first-order chi connectivity index (χ1) is 16.0. The predicted octanol–water partition coefficient (Wildman–Crippen LogP) is 3.33. The minimum atomic E-state index is -0.568. The normalized spacial score (nSPS) is 13.4. The van der Waals surface area contributed by atoms with Gasteiger partial charge in [0.15, 0.2) is 11.3 Å². The monoisotopic (exact) mass is 441 g/mol. The fraction of sp³-hybridized carbons (Fsp3) is 0.160. The zero-order chi connectivity index (χ0) is 22.9. The molecule has 8 nitrogen and oxygen atoms in total. The lowest BCUT2D eigenvalue weighted by atomic mass is 10.1. The molecule has 1 aliphatic rings. The number of nitrogens with two attached hydrogens (primary N) is 1. The summed E-state index contributed by atoms with van der Waals surface area (Å²) in [6.07, 6.45) is 2.59. The molecule has 0 unspecified atom stereocenters. The van der Waals surface area contributed by atoms with E-state index in [4.69, 9.17) is 15.5 Å². The van der Waals surface area contributed by atoms with E-state index in [1.807, 2.05) is 54.6 Å². The quantitative estimate of drug-likeness (QED) is 0.463. The van der Waals surface area contributed by atoms with Gasteiger partial charge in [0.2, 0.25) is 5.91 Å². The van der Waals surface area contributed by atoms with Gasteiger partial charge in [0, 0.05) is 36.3 Å². The molecule has 1 aliphatic heterocycles. The molecule has 5 rings (SSSR count). The Morgan fingerprint density at radius 1 is 1.03 bits per heavy atom. The number of aromatic nitrogens is 3. The van der Waals surface area contributed by atoms with Crippen LogP contribution in [0.15, 0.2) is 67.3 Å². The van der Waals surface area contributed by atoms with Crippen LogP contribution in [0.1, 0.15) is 21.7 Å². The van der Waals surface area contributed by atoms with Crippen molar-refractivity contribution in [3.05, 3.63) is 84.2 Å². The van der Waals surface area contributed by atoms with Crippen LogP contribution < -0.4 is 10.5 Å². The Kier molecular flexibility index (Phi) is 5.18. The Hall–Kier alpha value is -4.33. The van der Waals surface area contributed by atoms with Crippen LogP contribution in [0, 0.1) is 0 Å². The van der Waals surface area contributed by atoms with Crippen LogP contribution in [-0.4, -0.2) is 44.4 Å². The fourth-order valence-electron chi connectivity index (χ4n) is 4.23. The van der Waals surface area contributed by atoms with Crippen molar-refractivity contribution >= 4 is 17.5 Å². The molecule has 0 bridgehead atoms. The summed E-state index contributed by atoms with van der Waals surface area (Å²) in [5.74, 6) is 0.763. The van der Waals surface area contributed by atoms with E-state index in [0.717, 1.165) is 22.6 Å². The lowest BCUT2D eigenvalue weighted by Gasteiger charge is -2.17. The van der Waals surface area contributed by atoms with Gasteiger partial charge in [0.25, 0.3) is 5.91 Å². The molecule has 3 N–H and O–H groups in total. The lowest BCUT2D eigenvalue weighted by molar-refractivity contribution is -0.125. The lowest BCUT2D eigenvalue weighted by Crippen LogP contribution is -2.31. The minimum Gasteiger partial charge on any atom is -0.457 e. The molecular weight excluding hydrogens is 418 g/mol. The number of aromatic amines is 1. The molecular formula is C25H23N5O3. The number of primary amides is 1. The van der Waals surface area contributed by atoms with Gasteiger partial charge >= 0.3 is 0 Å². The number of rotatable bonds is 5. The van der Waals surface area contributed by atoms with E-state index in [2.05, 4.69) is 11.7 Å². The number of carbonyl (C=O) groups excluding carboxylic acids is 2. The second-order valence-electron chi connectivity index (χ2n) is 7.87. The Balaban J connectivity index is 1.49. The van der Waals surface area contributed by atoms with E-state index in [9.17, 15) is 9.59 Å². The smallest absolute Gasteiger partial charge is 0.269 e. The van der Waals surface area contributed by atoms with Crippen LogP contribution in [0.3, 0.4) is 0 Å². The third-order valence-corrected chi connectivity index (χ3v) is 5.85. The van der Waals surface area contributed by atoms with Crippen LogP contribution >= 0.6 is 0 Å². The van der Waals surface area contributed by atoms with E-state index in [1.165, 1.54) is 6.08 Å². The predicted molar refractivity (Wildman–Crippen MR) is 124 cm³/mol. The highest BCUT2D eigenvalue weighted by molar-refractivity contribution is 5.98. The average Bonchev–Trinajstić information content (AvgIpc) is 3.28. The van der Waals surface area contributed by atoms with Crippen LogP contribution in [0.5, 0.6) is 11.5 Å². The number of nitrogens with one attached hydrogen (secondary N) is 1. The Morgan fingerprint density at radius 3 is 2.42 bits per heavy atom. The molecule has 0 saturated carbocycles. The standard InChI is InChI=1S/C25H23N5O3/c1-2-21(31)29-14-12-19-20(13-15-29)28-30-23(24(26)32)22(27-25(19)30)16-8-10-18(11-9-16)33-17-6-4-3-5-7-17/h2-11,28H,1,12-15H2,(H2,26,32). The zero-order valence-electron chi connectivity index (χ0n) is 18.0. The molecule has 0 saturated heterocycles. The molecule has 2 aromatic carbocycles. The van der Waals surface area contributed by atoms with Crippen molar-refractivity contribution < 1.29 is 14.3 Å². The molecule has 33 heavy (non-hydrogen) atoms. The highest BCUT2D eigenvalue weighted by Gasteiger charge is 2.26. The van der Waals surface area contributed by atoms with Gasteiger partial charge in [0.05, 0.1) is 0 Å². The maximum absolute atomic E-state index is 12.4. The number of ether oxygens (including phenoxy) is 1. The Labute approximate surface area is 190 Å². The van der Waals surface area contributed by atoms with Crippen molar-refractivity contribution in [1.29, 1.82) is 0 Å². The highest BCUT2D eigenvalue weighted by atomic mass is 16.5. The summed E-state index contributed by atoms with van der Waals surface area (Å²) in [5, 5.41) is 3.28. The number of imidazole rings is 1. The Morgan fingerprint density at radius 2 is 1.73 bits per heavy atom. The number of hydrogen-bond donors (Lipinski definition) is 2. The first-order valence-corrected chi connectivity index (χ1v) is 10.7. The van der Waals surface area contributed by atoms with Gasteiger partial charge in [-0.05, 0) is 48.9 Å². The van der Waals surface area contributed by atoms with Crippen molar-refractivity contribution in [2.45, 2.75) is 12.8 Å². The first-order valence-electron chi connectivity index (χ1n) is 10.7. The van der Waals surface area contributed by atoms with Gasteiger partial charge < -0.3 is 15.4 Å². The van der Waals surface area contributed by atoms with Gasteiger partial charge in [-0.15, -0.1) is 0 Å². The molecule has 166 valence electrons. The SMILES string of the molecule is C=CC(=O)N1CCc2[nH]n3c(C(N)=O)c(-c4ccc(Oc5ccccc5)cc4)nc3c2CC1. The molecule has 0 fully saturated rings. The van der Waals surface area contributed by atoms with Crippen LogP contribution in [0.4, 0.5) is 0 Å². The maximum atomic E-state index is 12.4. The van der Waals surface area contributed by atoms with E-state index in [0.29, 0.717) is 48.7 Å². The second-order valence-corrected chi connectivity index (χ2v) is 7.87. The molecule has 3 heterocycles. The topological polar surface area (TPSA) is 106 Å². The largest absolute Gasteiger partial charge is 0.457 e. The third-order valence-electron chi connectivity index (χ3n) is 5.85. The summed E-state index contributed by atoms with van der Waals surface area (Å²) in [5.41, 5.74) is 9.92. The number of benzene rings is 2. The molecule has 4 aromatic rings. The Bertz CT molecular complexity index is 1350. The average molecular weight is 441 g/mol. The van der Waals surface area contributed by atoms with Crippen molar-refractivity contribution in [2.24, 2.45) is 5.73 Å². The molecule has 0 atom stereocenters. The van der Waals surface area contributed by atoms with Gasteiger partial charge in [-0.2, -0.15) is 0 Å². The summed E-state index contributed by atoms with van der Waals surface area (Å²) in [6.45, 7) is 4.71. The molecule has 0 aliphatic carbocycles. The number of hydrogen-bond acceptors (Lipinski definition) is 4. The van der Waals surface area contributed by atoms with Crippen molar-refractivity contribution in [2.75, 3.05) is 13.1 Å². The van der Waals surface area contributed by atoms with Gasteiger partial charge in [-0.1, -0.05) is 24.8 Å².